The van der Waals surface area contributed by atoms with E-state index < -0.39 is 0 Å². The SMILES string of the molecule is O=C(COc1ccccc1Br)N1CCCCCC1. The van der Waals surface area contributed by atoms with Crippen molar-refractivity contribution in [3.05, 3.63) is 28.7 Å². The van der Waals surface area contributed by atoms with Crippen LogP contribution in [0.4, 0.5) is 0 Å². The number of benzene rings is 1. The summed E-state index contributed by atoms with van der Waals surface area (Å²) in [6.07, 6.45) is 4.69. The Morgan fingerprint density at radius 1 is 1.17 bits per heavy atom. The molecule has 1 aromatic rings. The van der Waals surface area contributed by atoms with Crippen LogP contribution in [0, 0.1) is 0 Å². The van der Waals surface area contributed by atoms with Crippen molar-refractivity contribution in [2.45, 2.75) is 25.7 Å². The van der Waals surface area contributed by atoms with Gasteiger partial charge < -0.3 is 9.64 Å². The minimum atomic E-state index is 0.0904. The first-order valence-electron chi connectivity index (χ1n) is 6.42. The molecule has 0 N–H and O–H groups in total. The van der Waals surface area contributed by atoms with Crippen molar-refractivity contribution >= 4 is 21.8 Å². The van der Waals surface area contributed by atoms with Gasteiger partial charge in [0, 0.05) is 13.1 Å². The van der Waals surface area contributed by atoms with Gasteiger partial charge in [-0.05, 0) is 40.9 Å². The van der Waals surface area contributed by atoms with Gasteiger partial charge >= 0.3 is 0 Å². The largest absolute Gasteiger partial charge is 0.483 e. The van der Waals surface area contributed by atoms with Crippen LogP contribution in [0.25, 0.3) is 0 Å². The molecule has 1 aliphatic rings. The van der Waals surface area contributed by atoms with E-state index in [1.165, 1.54) is 12.8 Å². The van der Waals surface area contributed by atoms with E-state index in [2.05, 4.69) is 15.9 Å². The van der Waals surface area contributed by atoms with Gasteiger partial charge in [0.15, 0.2) is 6.61 Å². The Labute approximate surface area is 116 Å². The highest BCUT2D eigenvalue weighted by molar-refractivity contribution is 9.10. The first-order chi connectivity index (χ1) is 8.77. The minimum Gasteiger partial charge on any atom is -0.483 e. The summed E-state index contributed by atoms with van der Waals surface area (Å²) in [4.78, 5) is 13.9. The zero-order chi connectivity index (χ0) is 12.8. The molecular weight excluding hydrogens is 294 g/mol. The molecule has 0 radical (unpaired) electrons. The monoisotopic (exact) mass is 311 g/mol. The van der Waals surface area contributed by atoms with Crippen molar-refractivity contribution in [2.24, 2.45) is 0 Å². The number of hydrogen-bond donors (Lipinski definition) is 0. The van der Waals surface area contributed by atoms with Crippen LogP contribution in [0.5, 0.6) is 5.75 Å². The number of para-hydroxylation sites is 1. The Hall–Kier alpha value is -1.03. The van der Waals surface area contributed by atoms with Gasteiger partial charge in [-0.3, -0.25) is 4.79 Å². The second-order valence-corrected chi connectivity index (χ2v) is 5.37. The van der Waals surface area contributed by atoms with E-state index in [4.69, 9.17) is 4.74 Å². The fourth-order valence-corrected chi connectivity index (χ4v) is 2.51. The average molecular weight is 312 g/mol. The Bertz CT molecular complexity index is 401. The van der Waals surface area contributed by atoms with Crippen LogP contribution in [-0.2, 0) is 4.79 Å². The number of hydrogen-bond acceptors (Lipinski definition) is 2. The molecule has 1 fully saturated rings. The van der Waals surface area contributed by atoms with Crippen LogP contribution in [0.2, 0.25) is 0 Å². The van der Waals surface area contributed by atoms with Crippen LogP contribution < -0.4 is 4.74 Å². The topological polar surface area (TPSA) is 29.5 Å². The van der Waals surface area contributed by atoms with Crippen LogP contribution >= 0.6 is 15.9 Å². The van der Waals surface area contributed by atoms with Crippen LogP contribution in [0.1, 0.15) is 25.7 Å². The molecule has 98 valence electrons. The molecule has 1 heterocycles. The molecular formula is C14H18BrNO2. The van der Waals surface area contributed by atoms with E-state index >= 15 is 0 Å². The van der Waals surface area contributed by atoms with Crippen LogP contribution in [0.15, 0.2) is 28.7 Å². The normalized spacial score (nSPS) is 16.2. The quantitative estimate of drug-likeness (QED) is 0.857. The molecule has 18 heavy (non-hydrogen) atoms. The van der Waals surface area contributed by atoms with E-state index in [0.717, 1.165) is 36.2 Å². The Kier molecular flexibility index (Phi) is 5.05. The van der Waals surface area contributed by atoms with Gasteiger partial charge in [-0.2, -0.15) is 0 Å². The van der Waals surface area contributed by atoms with Crippen molar-refractivity contribution in [1.29, 1.82) is 0 Å². The maximum Gasteiger partial charge on any atom is 0.260 e. The molecule has 1 aromatic carbocycles. The molecule has 1 amide bonds. The summed E-state index contributed by atoms with van der Waals surface area (Å²) in [7, 11) is 0. The van der Waals surface area contributed by atoms with Gasteiger partial charge in [0.1, 0.15) is 5.75 Å². The molecule has 0 unspecified atom stereocenters. The number of amides is 1. The fourth-order valence-electron chi connectivity index (χ4n) is 2.11. The highest BCUT2D eigenvalue weighted by Crippen LogP contribution is 2.23. The molecule has 2 rings (SSSR count). The number of ether oxygens (including phenoxy) is 1. The molecule has 0 atom stereocenters. The number of nitrogens with zero attached hydrogens (tertiary/aromatic N) is 1. The predicted octanol–water partition coefficient (Wildman–Crippen LogP) is 3.23. The molecule has 3 nitrogen and oxygen atoms in total. The number of carbonyl (C=O) groups is 1. The van der Waals surface area contributed by atoms with E-state index in [1.807, 2.05) is 29.2 Å². The lowest BCUT2D eigenvalue weighted by atomic mass is 10.2. The van der Waals surface area contributed by atoms with Crippen LogP contribution in [0.3, 0.4) is 0 Å². The molecule has 0 aliphatic carbocycles. The third kappa shape index (κ3) is 3.73. The second-order valence-electron chi connectivity index (χ2n) is 4.51. The lowest BCUT2D eigenvalue weighted by molar-refractivity contribution is -0.133. The van der Waals surface area contributed by atoms with Crippen molar-refractivity contribution < 1.29 is 9.53 Å². The summed E-state index contributed by atoms with van der Waals surface area (Å²) >= 11 is 3.41. The molecule has 0 saturated carbocycles. The summed E-state index contributed by atoms with van der Waals surface area (Å²) in [5.74, 6) is 0.813. The van der Waals surface area contributed by atoms with Crippen molar-refractivity contribution in [2.75, 3.05) is 19.7 Å². The molecule has 0 bridgehead atoms. The lowest BCUT2D eigenvalue weighted by Gasteiger charge is -2.20. The zero-order valence-corrected chi connectivity index (χ0v) is 12.0. The van der Waals surface area contributed by atoms with E-state index in [-0.39, 0.29) is 12.5 Å². The van der Waals surface area contributed by atoms with Gasteiger partial charge in [-0.1, -0.05) is 25.0 Å². The summed E-state index contributed by atoms with van der Waals surface area (Å²) in [5.41, 5.74) is 0. The van der Waals surface area contributed by atoms with Crippen molar-refractivity contribution in [1.82, 2.24) is 4.90 Å². The highest BCUT2D eigenvalue weighted by atomic mass is 79.9. The van der Waals surface area contributed by atoms with Gasteiger partial charge in [-0.25, -0.2) is 0 Å². The number of halogens is 1. The first kappa shape index (κ1) is 13.4. The summed E-state index contributed by atoms with van der Waals surface area (Å²) in [5, 5.41) is 0. The third-order valence-corrected chi connectivity index (χ3v) is 3.80. The standard InChI is InChI=1S/C14H18BrNO2/c15-12-7-3-4-8-13(12)18-11-14(17)16-9-5-1-2-6-10-16/h3-4,7-8H,1-2,5-6,9-11H2. The molecule has 0 aromatic heterocycles. The van der Waals surface area contributed by atoms with Gasteiger partial charge in [0.2, 0.25) is 0 Å². The van der Waals surface area contributed by atoms with E-state index in [9.17, 15) is 4.79 Å². The Morgan fingerprint density at radius 3 is 2.50 bits per heavy atom. The summed E-state index contributed by atoms with van der Waals surface area (Å²) < 4.78 is 6.44. The van der Waals surface area contributed by atoms with Crippen LogP contribution in [-0.4, -0.2) is 30.5 Å². The van der Waals surface area contributed by atoms with Gasteiger partial charge in [0.25, 0.3) is 5.91 Å². The van der Waals surface area contributed by atoms with E-state index in [0.29, 0.717) is 0 Å². The molecule has 0 spiro atoms. The number of carbonyl (C=O) groups excluding carboxylic acids is 1. The summed E-state index contributed by atoms with van der Waals surface area (Å²) in [6, 6.07) is 7.59. The van der Waals surface area contributed by atoms with Crippen molar-refractivity contribution in [3.63, 3.8) is 0 Å². The first-order valence-corrected chi connectivity index (χ1v) is 7.22. The van der Waals surface area contributed by atoms with Gasteiger partial charge in [0.05, 0.1) is 4.47 Å². The predicted molar refractivity (Wildman–Crippen MR) is 74.7 cm³/mol. The second kappa shape index (κ2) is 6.78. The molecule has 1 saturated heterocycles. The smallest absolute Gasteiger partial charge is 0.260 e. The fraction of sp³-hybridized carbons (Fsp3) is 0.500. The third-order valence-electron chi connectivity index (χ3n) is 3.15. The summed E-state index contributed by atoms with van der Waals surface area (Å²) in [6.45, 7) is 1.87. The average Bonchev–Trinajstić information content (AvgIpc) is 2.66. The Balaban J connectivity index is 1.86. The van der Waals surface area contributed by atoms with Crippen molar-refractivity contribution in [3.8, 4) is 5.75 Å². The lowest BCUT2D eigenvalue weighted by Crippen LogP contribution is -2.35. The molecule has 4 heteroatoms. The maximum atomic E-state index is 12.0. The van der Waals surface area contributed by atoms with E-state index in [1.54, 1.807) is 0 Å². The highest BCUT2D eigenvalue weighted by Gasteiger charge is 2.16. The number of likely N-dealkylation sites (tertiary alicyclic amines) is 1. The Morgan fingerprint density at radius 2 is 1.83 bits per heavy atom. The minimum absolute atomic E-state index is 0.0904. The number of rotatable bonds is 3. The van der Waals surface area contributed by atoms with Gasteiger partial charge in [-0.15, -0.1) is 0 Å². The molecule has 1 aliphatic heterocycles. The zero-order valence-electron chi connectivity index (χ0n) is 10.4. The maximum absolute atomic E-state index is 12.0.